The zero-order valence-electron chi connectivity index (χ0n) is 15.7. The molecule has 0 amide bonds. The number of fused-ring (bicyclic) bond motifs is 1. The van der Waals surface area contributed by atoms with Gasteiger partial charge in [0.15, 0.2) is 0 Å². The van der Waals surface area contributed by atoms with Crippen molar-refractivity contribution in [1.82, 2.24) is 4.90 Å². The van der Waals surface area contributed by atoms with Crippen molar-refractivity contribution < 1.29 is 14.3 Å². The topological polar surface area (TPSA) is 38.8 Å². The van der Waals surface area contributed by atoms with E-state index in [1.165, 1.54) is 12.8 Å². The molecule has 0 spiro atoms. The Morgan fingerprint density at radius 1 is 1.00 bits per heavy atom. The molecule has 1 fully saturated rings. The average molecular weight is 365 g/mol. The average Bonchev–Trinajstić information content (AvgIpc) is 3.15. The molecule has 2 aliphatic heterocycles. The van der Waals surface area contributed by atoms with Gasteiger partial charge in [-0.25, -0.2) is 0 Å². The van der Waals surface area contributed by atoms with E-state index in [4.69, 9.17) is 9.47 Å². The SMILES string of the molecule is O=C(OCCN1CCCC1)C1(c2ccccc2)CCCOc2ccccc21. The molecule has 4 rings (SSSR count). The standard InChI is InChI=1S/C23H27NO3/c25-22(27-18-16-24-14-6-7-15-24)23(19-9-2-1-3-10-19)13-8-17-26-21-12-5-4-11-20(21)23/h1-5,9-12H,6-8,13-18H2. The van der Waals surface area contributed by atoms with Crippen LogP contribution in [-0.2, 0) is 14.9 Å². The van der Waals surface area contributed by atoms with E-state index in [2.05, 4.69) is 4.90 Å². The van der Waals surface area contributed by atoms with Gasteiger partial charge in [-0.1, -0.05) is 48.5 Å². The summed E-state index contributed by atoms with van der Waals surface area (Å²) < 4.78 is 11.8. The molecule has 2 aromatic carbocycles. The Morgan fingerprint density at radius 2 is 1.74 bits per heavy atom. The number of hydrogen-bond donors (Lipinski definition) is 0. The van der Waals surface area contributed by atoms with Crippen LogP contribution in [0, 0.1) is 0 Å². The zero-order chi connectivity index (χ0) is 18.5. The van der Waals surface area contributed by atoms with Crippen LogP contribution in [-0.4, -0.2) is 43.7 Å². The number of likely N-dealkylation sites (tertiary alicyclic amines) is 1. The fourth-order valence-electron chi connectivity index (χ4n) is 4.35. The Kier molecular flexibility index (Phi) is 5.44. The minimum atomic E-state index is -0.806. The first-order valence-corrected chi connectivity index (χ1v) is 9.98. The van der Waals surface area contributed by atoms with Gasteiger partial charge in [-0.15, -0.1) is 0 Å². The summed E-state index contributed by atoms with van der Waals surface area (Å²) >= 11 is 0. The summed E-state index contributed by atoms with van der Waals surface area (Å²) in [4.78, 5) is 15.9. The lowest BCUT2D eigenvalue weighted by Gasteiger charge is -2.32. The van der Waals surface area contributed by atoms with Gasteiger partial charge in [0.2, 0.25) is 0 Å². The summed E-state index contributed by atoms with van der Waals surface area (Å²) in [5, 5.41) is 0. The maximum Gasteiger partial charge on any atom is 0.321 e. The van der Waals surface area contributed by atoms with Crippen LogP contribution in [0.1, 0.15) is 36.8 Å². The molecule has 2 aliphatic rings. The molecular weight excluding hydrogens is 338 g/mol. The van der Waals surface area contributed by atoms with Crippen molar-refractivity contribution in [2.45, 2.75) is 31.1 Å². The Hall–Kier alpha value is -2.33. The highest BCUT2D eigenvalue weighted by atomic mass is 16.5. The van der Waals surface area contributed by atoms with Gasteiger partial charge in [-0.05, 0) is 50.4 Å². The third-order valence-corrected chi connectivity index (χ3v) is 5.75. The third kappa shape index (κ3) is 3.59. The van der Waals surface area contributed by atoms with Crippen LogP contribution in [0.2, 0.25) is 0 Å². The number of hydrogen-bond acceptors (Lipinski definition) is 4. The van der Waals surface area contributed by atoms with Gasteiger partial charge >= 0.3 is 5.97 Å². The lowest BCUT2D eigenvalue weighted by Crippen LogP contribution is -2.39. The molecule has 0 radical (unpaired) electrons. The minimum absolute atomic E-state index is 0.161. The Bertz CT molecular complexity index is 770. The molecule has 0 bridgehead atoms. The molecule has 0 aromatic heterocycles. The molecule has 2 heterocycles. The zero-order valence-corrected chi connectivity index (χ0v) is 15.7. The smallest absolute Gasteiger partial charge is 0.321 e. The molecular formula is C23H27NO3. The molecule has 2 aromatic rings. The van der Waals surface area contributed by atoms with Gasteiger partial charge < -0.3 is 9.47 Å². The largest absolute Gasteiger partial charge is 0.493 e. The number of rotatable bonds is 5. The summed E-state index contributed by atoms with van der Waals surface area (Å²) in [6, 6.07) is 17.9. The number of nitrogens with zero attached hydrogens (tertiary/aromatic N) is 1. The minimum Gasteiger partial charge on any atom is -0.493 e. The summed E-state index contributed by atoms with van der Waals surface area (Å²) in [7, 11) is 0. The van der Waals surface area contributed by atoms with E-state index in [-0.39, 0.29) is 5.97 Å². The van der Waals surface area contributed by atoms with Crippen molar-refractivity contribution in [3.63, 3.8) is 0 Å². The Morgan fingerprint density at radius 3 is 2.56 bits per heavy atom. The number of ether oxygens (including phenoxy) is 2. The van der Waals surface area contributed by atoms with Gasteiger partial charge in [0.05, 0.1) is 6.61 Å². The normalized spacial score (nSPS) is 22.5. The molecule has 4 nitrogen and oxygen atoms in total. The highest BCUT2D eigenvalue weighted by Crippen LogP contribution is 2.44. The molecule has 0 aliphatic carbocycles. The Balaban J connectivity index is 1.66. The van der Waals surface area contributed by atoms with E-state index < -0.39 is 5.41 Å². The van der Waals surface area contributed by atoms with Gasteiger partial charge in [0.25, 0.3) is 0 Å². The van der Waals surface area contributed by atoms with Gasteiger partial charge in [0.1, 0.15) is 17.8 Å². The van der Waals surface area contributed by atoms with Gasteiger partial charge in [-0.2, -0.15) is 0 Å². The molecule has 0 saturated carbocycles. The first kappa shape index (κ1) is 18.1. The van der Waals surface area contributed by atoms with Crippen LogP contribution < -0.4 is 4.74 Å². The number of carbonyl (C=O) groups excluding carboxylic acids is 1. The van der Waals surface area contributed by atoms with Crippen molar-refractivity contribution >= 4 is 5.97 Å². The van der Waals surface area contributed by atoms with Crippen molar-refractivity contribution in [2.24, 2.45) is 0 Å². The number of esters is 1. The second-order valence-corrected chi connectivity index (χ2v) is 7.40. The van der Waals surface area contributed by atoms with Crippen LogP contribution in [0.4, 0.5) is 0 Å². The maximum absolute atomic E-state index is 13.5. The number of benzene rings is 2. The monoisotopic (exact) mass is 365 g/mol. The van der Waals surface area contributed by atoms with Crippen LogP contribution in [0.15, 0.2) is 54.6 Å². The fourth-order valence-corrected chi connectivity index (χ4v) is 4.35. The van der Waals surface area contributed by atoms with Gasteiger partial charge in [0, 0.05) is 12.1 Å². The maximum atomic E-state index is 13.5. The summed E-state index contributed by atoms with van der Waals surface area (Å²) in [5.41, 5.74) is 1.09. The van der Waals surface area contributed by atoms with Crippen LogP contribution in [0.25, 0.3) is 0 Å². The molecule has 1 atom stereocenters. The van der Waals surface area contributed by atoms with Crippen molar-refractivity contribution in [3.8, 4) is 5.75 Å². The molecule has 27 heavy (non-hydrogen) atoms. The second-order valence-electron chi connectivity index (χ2n) is 7.40. The number of para-hydroxylation sites is 1. The quantitative estimate of drug-likeness (QED) is 0.756. The summed E-state index contributed by atoms with van der Waals surface area (Å²) in [6.07, 6.45) is 3.99. The van der Waals surface area contributed by atoms with E-state index in [9.17, 15) is 4.79 Å². The van der Waals surface area contributed by atoms with E-state index in [0.717, 1.165) is 42.9 Å². The van der Waals surface area contributed by atoms with E-state index in [1.54, 1.807) is 0 Å². The van der Waals surface area contributed by atoms with Crippen LogP contribution in [0.3, 0.4) is 0 Å². The lowest BCUT2D eigenvalue weighted by atomic mass is 9.71. The summed E-state index contributed by atoms with van der Waals surface area (Å²) in [5.74, 6) is 0.626. The number of carbonyl (C=O) groups is 1. The van der Waals surface area contributed by atoms with Gasteiger partial charge in [-0.3, -0.25) is 9.69 Å². The second kappa shape index (κ2) is 8.13. The first-order valence-electron chi connectivity index (χ1n) is 9.98. The van der Waals surface area contributed by atoms with Crippen molar-refractivity contribution in [1.29, 1.82) is 0 Å². The first-order chi connectivity index (χ1) is 13.3. The predicted molar refractivity (Wildman–Crippen MR) is 105 cm³/mol. The molecule has 142 valence electrons. The predicted octanol–water partition coefficient (Wildman–Crippen LogP) is 3.78. The fraction of sp³-hybridized carbons (Fsp3) is 0.435. The highest BCUT2D eigenvalue weighted by molar-refractivity contribution is 5.88. The third-order valence-electron chi connectivity index (χ3n) is 5.75. The molecule has 1 saturated heterocycles. The Labute approximate surface area is 161 Å². The van der Waals surface area contributed by atoms with Crippen molar-refractivity contribution in [3.05, 3.63) is 65.7 Å². The van der Waals surface area contributed by atoms with Crippen LogP contribution >= 0.6 is 0 Å². The van der Waals surface area contributed by atoms with E-state index in [1.807, 2.05) is 54.6 Å². The highest BCUT2D eigenvalue weighted by Gasteiger charge is 2.46. The summed E-state index contributed by atoms with van der Waals surface area (Å²) in [6.45, 7) is 4.09. The molecule has 4 heteroatoms. The van der Waals surface area contributed by atoms with Crippen LogP contribution in [0.5, 0.6) is 5.75 Å². The van der Waals surface area contributed by atoms with E-state index in [0.29, 0.717) is 19.6 Å². The molecule has 0 N–H and O–H groups in total. The molecule has 1 unspecified atom stereocenters. The van der Waals surface area contributed by atoms with E-state index >= 15 is 0 Å². The van der Waals surface area contributed by atoms with Crippen molar-refractivity contribution in [2.75, 3.05) is 32.8 Å². The lowest BCUT2D eigenvalue weighted by molar-refractivity contribution is -0.149.